The Labute approximate surface area is 233 Å². The topological polar surface area (TPSA) is 145 Å². The lowest BCUT2D eigenvalue weighted by molar-refractivity contribution is 0.293. The molecule has 40 heavy (non-hydrogen) atoms. The molecular weight excluding hydrogens is 536 g/mol. The van der Waals surface area contributed by atoms with Gasteiger partial charge in [-0.15, -0.1) is 0 Å². The molecule has 0 bridgehead atoms. The van der Waals surface area contributed by atoms with Gasteiger partial charge in [0.25, 0.3) is 10.0 Å². The summed E-state index contributed by atoms with van der Waals surface area (Å²) in [5, 5.41) is -0.150. The fourth-order valence-electron chi connectivity index (χ4n) is 4.15. The van der Waals surface area contributed by atoms with Gasteiger partial charge in [-0.1, -0.05) is 6.92 Å². The summed E-state index contributed by atoms with van der Waals surface area (Å²) < 4.78 is 51.4. The van der Waals surface area contributed by atoms with Gasteiger partial charge in [-0.05, 0) is 38.3 Å². The van der Waals surface area contributed by atoms with E-state index in [0.717, 1.165) is 25.7 Å². The predicted molar refractivity (Wildman–Crippen MR) is 153 cm³/mol. The number of ether oxygens (including phenoxy) is 3. The van der Waals surface area contributed by atoms with Gasteiger partial charge in [0.1, 0.15) is 17.2 Å². The quantitative estimate of drug-likeness (QED) is 0.219. The van der Waals surface area contributed by atoms with Crippen molar-refractivity contribution in [2.75, 3.05) is 24.5 Å². The summed E-state index contributed by atoms with van der Waals surface area (Å²) in [7, 11) is 0.884. The number of nitrogens with two attached hydrogens (primary N) is 1. The minimum absolute atomic E-state index is 0.142. The fourth-order valence-corrected chi connectivity index (χ4v) is 5.19. The Morgan fingerprint density at radius 1 is 0.900 bits per heavy atom. The molecular formula is C27H36N6O6S. The Morgan fingerprint density at radius 2 is 1.55 bits per heavy atom. The number of rotatable bonds is 14. The van der Waals surface area contributed by atoms with Gasteiger partial charge in [0, 0.05) is 51.6 Å². The maximum Gasteiger partial charge on any atom is 0.328 e. The van der Waals surface area contributed by atoms with Gasteiger partial charge >= 0.3 is 5.69 Å². The Morgan fingerprint density at radius 3 is 2.17 bits per heavy atom. The van der Waals surface area contributed by atoms with Crippen molar-refractivity contribution in [2.45, 2.75) is 37.6 Å². The van der Waals surface area contributed by atoms with Gasteiger partial charge in [0.05, 0.1) is 36.3 Å². The molecule has 2 aromatic heterocycles. The van der Waals surface area contributed by atoms with E-state index in [1.54, 1.807) is 51.5 Å². The number of imidazole rings is 2. The van der Waals surface area contributed by atoms with Crippen molar-refractivity contribution in [1.29, 1.82) is 0 Å². The lowest BCUT2D eigenvalue weighted by Gasteiger charge is -2.16. The van der Waals surface area contributed by atoms with Crippen LogP contribution >= 0.6 is 0 Å². The zero-order valence-electron chi connectivity index (χ0n) is 23.2. The van der Waals surface area contributed by atoms with Gasteiger partial charge in [0.15, 0.2) is 10.8 Å². The maximum absolute atomic E-state index is 13.2. The van der Waals surface area contributed by atoms with Gasteiger partial charge < -0.3 is 24.5 Å². The molecule has 4 rings (SSSR count). The molecule has 4 aromatic rings. The third kappa shape index (κ3) is 6.59. The number of hydrogen-bond donors (Lipinski definition) is 2. The van der Waals surface area contributed by atoms with Crippen LogP contribution in [0.2, 0.25) is 0 Å². The third-order valence-electron chi connectivity index (χ3n) is 6.25. The van der Waals surface area contributed by atoms with E-state index in [-0.39, 0.29) is 22.2 Å². The van der Waals surface area contributed by atoms with Crippen molar-refractivity contribution < 1.29 is 22.6 Å². The van der Waals surface area contributed by atoms with Crippen molar-refractivity contribution in [3.05, 3.63) is 53.3 Å². The van der Waals surface area contributed by atoms with E-state index in [0.29, 0.717) is 48.0 Å². The molecule has 0 saturated carbocycles. The standard InChI is InChI=1S/C27H36N6O6S/c1-5-10-37-19-12-20(38-11-8-6-7-9-28)14-21(13-19)39-25-16-24-23(32(3)27(34)33(24)4)15-22(25)30-40(35,36)26-17-31(2)18-29-26/h12-18,30H,5-11,28H2,1-4H3. The zero-order valence-corrected chi connectivity index (χ0v) is 24.0. The lowest BCUT2D eigenvalue weighted by Crippen LogP contribution is -2.19. The summed E-state index contributed by atoms with van der Waals surface area (Å²) in [4.78, 5) is 16.6. The molecule has 0 spiro atoms. The van der Waals surface area contributed by atoms with E-state index in [1.165, 1.54) is 26.2 Å². The summed E-state index contributed by atoms with van der Waals surface area (Å²) in [5.74, 6) is 1.68. The van der Waals surface area contributed by atoms with E-state index in [2.05, 4.69) is 9.71 Å². The van der Waals surface area contributed by atoms with Crippen LogP contribution in [0.5, 0.6) is 23.0 Å². The van der Waals surface area contributed by atoms with Gasteiger partial charge in [0.2, 0.25) is 0 Å². The van der Waals surface area contributed by atoms with E-state index in [1.807, 2.05) is 6.92 Å². The van der Waals surface area contributed by atoms with Crippen LogP contribution in [0.4, 0.5) is 5.69 Å². The first-order valence-corrected chi connectivity index (χ1v) is 14.6. The summed E-state index contributed by atoms with van der Waals surface area (Å²) in [6.07, 6.45) is 6.35. The van der Waals surface area contributed by atoms with E-state index in [4.69, 9.17) is 19.9 Å². The smallest absolute Gasteiger partial charge is 0.328 e. The molecule has 2 heterocycles. The molecule has 216 valence electrons. The van der Waals surface area contributed by atoms with Gasteiger partial charge in [-0.3, -0.25) is 13.9 Å². The molecule has 12 nitrogen and oxygen atoms in total. The SMILES string of the molecule is CCCOc1cc(OCCCCCN)cc(Oc2cc3c(cc2NS(=O)(=O)c2cn(C)cn2)n(C)c(=O)n3C)c1. The lowest BCUT2D eigenvalue weighted by atomic mass is 10.2. The van der Waals surface area contributed by atoms with Crippen LogP contribution in [0.25, 0.3) is 11.0 Å². The first-order valence-electron chi connectivity index (χ1n) is 13.1. The van der Waals surface area contributed by atoms with Crippen LogP contribution < -0.4 is 30.4 Å². The first-order chi connectivity index (χ1) is 19.1. The molecule has 3 N–H and O–H groups in total. The molecule has 0 atom stereocenters. The highest BCUT2D eigenvalue weighted by Gasteiger charge is 2.22. The molecule has 0 radical (unpaired) electrons. The molecule has 2 aromatic carbocycles. The second-order valence-corrected chi connectivity index (χ2v) is 11.1. The number of hydrogen-bond acceptors (Lipinski definition) is 8. The van der Waals surface area contributed by atoms with Crippen LogP contribution in [0.1, 0.15) is 32.6 Å². The summed E-state index contributed by atoms with van der Waals surface area (Å²) in [6.45, 7) is 3.66. The van der Waals surface area contributed by atoms with Gasteiger partial charge in [-0.25, -0.2) is 9.78 Å². The van der Waals surface area contributed by atoms with Crippen molar-refractivity contribution in [1.82, 2.24) is 18.7 Å². The molecule has 0 fully saturated rings. The normalized spacial score (nSPS) is 11.6. The summed E-state index contributed by atoms with van der Waals surface area (Å²) >= 11 is 0. The Kier molecular flexibility index (Phi) is 9.05. The van der Waals surface area contributed by atoms with Crippen molar-refractivity contribution in [3.8, 4) is 23.0 Å². The van der Waals surface area contributed by atoms with E-state index < -0.39 is 10.0 Å². The molecule has 0 amide bonds. The van der Waals surface area contributed by atoms with Crippen LogP contribution in [0, 0.1) is 0 Å². The fraction of sp³-hybridized carbons (Fsp3) is 0.407. The maximum atomic E-state index is 13.2. The van der Waals surface area contributed by atoms with Gasteiger partial charge in [-0.2, -0.15) is 8.42 Å². The third-order valence-corrected chi connectivity index (χ3v) is 7.50. The molecule has 13 heteroatoms. The average Bonchev–Trinajstić information content (AvgIpc) is 3.45. The van der Waals surface area contributed by atoms with Crippen molar-refractivity contribution >= 4 is 26.7 Å². The van der Waals surface area contributed by atoms with Crippen LogP contribution in [-0.4, -0.2) is 46.9 Å². The number of aryl methyl sites for hydroxylation is 3. The predicted octanol–water partition coefficient (Wildman–Crippen LogP) is 3.50. The first kappa shape index (κ1) is 29.0. The zero-order chi connectivity index (χ0) is 28.9. The number of aromatic nitrogens is 4. The summed E-state index contributed by atoms with van der Waals surface area (Å²) in [6, 6.07) is 8.41. The highest BCUT2D eigenvalue weighted by atomic mass is 32.2. The number of anilines is 1. The number of fused-ring (bicyclic) bond motifs is 1. The molecule has 0 saturated heterocycles. The highest BCUT2D eigenvalue weighted by molar-refractivity contribution is 7.92. The van der Waals surface area contributed by atoms with Crippen LogP contribution in [0.15, 0.2) is 52.7 Å². The number of nitrogens with one attached hydrogen (secondary N) is 1. The van der Waals surface area contributed by atoms with Crippen molar-refractivity contribution in [2.24, 2.45) is 26.9 Å². The van der Waals surface area contributed by atoms with Crippen LogP contribution in [0.3, 0.4) is 0 Å². The molecule has 0 aliphatic carbocycles. The highest BCUT2D eigenvalue weighted by Crippen LogP contribution is 2.37. The number of nitrogens with zero attached hydrogens (tertiary/aromatic N) is 4. The van der Waals surface area contributed by atoms with E-state index >= 15 is 0 Å². The molecule has 0 unspecified atom stereocenters. The average molecular weight is 573 g/mol. The molecule has 0 aliphatic rings. The number of unbranched alkanes of at least 4 members (excludes halogenated alkanes) is 2. The Balaban J connectivity index is 1.73. The summed E-state index contributed by atoms with van der Waals surface area (Å²) in [5.41, 5.74) is 6.56. The largest absolute Gasteiger partial charge is 0.493 e. The van der Waals surface area contributed by atoms with Crippen LogP contribution in [-0.2, 0) is 31.2 Å². The van der Waals surface area contributed by atoms with E-state index in [9.17, 15) is 13.2 Å². The second kappa shape index (κ2) is 12.5. The minimum Gasteiger partial charge on any atom is -0.493 e. The minimum atomic E-state index is -4.05. The molecule has 0 aliphatic heterocycles. The van der Waals surface area contributed by atoms with Crippen molar-refractivity contribution in [3.63, 3.8) is 0 Å². The number of benzene rings is 2. The Bertz CT molecular complexity index is 1640. The second-order valence-electron chi connectivity index (χ2n) is 9.51. The monoisotopic (exact) mass is 572 g/mol. The number of sulfonamides is 1. The Hall–Kier alpha value is -3.97.